The van der Waals surface area contributed by atoms with E-state index in [1.165, 1.54) is 6.08 Å². The zero-order valence-electron chi connectivity index (χ0n) is 26.4. The summed E-state index contributed by atoms with van der Waals surface area (Å²) in [5, 5.41) is 18.1. The van der Waals surface area contributed by atoms with Gasteiger partial charge in [-0.15, -0.1) is 13.2 Å². The van der Waals surface area contributed by atoms with Crippen molar-refractivity contribution in [3.63, 3.8) is 0 Å². The molecule has 3 aromatic rings. The van der Waals surface area contributed by atoms with E-state index in [0.29, 0.717) is 12.0 Å². The molecule has 47 heavy (non-hydrogen) atoms. The molecular formula is C37H43N3O7. The van der Waals surface area contributed by atoms with Crippen molar-refractivity contribution in [2.24, 2.45) is 5.92 Å². The second-order valence-corrected chi connectivity index (χ2v) is 10.9. The largest absolute Gasteiger partial charge is 0.462 e. The highest BCUT2D eigenvalue weighted by Gasteiger charge is 2.27. The number of rotatable bonds is 19. The first-order valence-corrected chi connectivity index (χ1v) is 15.5. The summed E-state index contributed by atoms with van der Waals surface area (Å²) in [6.45, 7) is 6.93. The SMILES string of the molecule is C=CC[C@H](CC(=O)N[C@H](CO)Cc1ccccc1)C(=O)N[C@@H](COC(=O)[C@@H](CC=C)NC(=O)OCc1ccccc1)c1ccccc1. The minimum atomic E-state index is -1.06. The number of ether oxygens (including phenoxy) is 2. The van der Waals surface area contributed by atoms with E-state index < -0.39 is 42.0 Å². The maximum atomic E-state index is 13.5. The van der Waals surface area contributed by atoms with Crippen LogP contribution < -0.4 is 16.0 Å². The fourth-order valence-corrected chi connectivity index (χ4v) is 4.80. The zero-order valence-corrected chi connectivity index (χ0v) is 26.4. The second kappa shape index (κ2) is 20.0. The highest BCUT2D eigenvalue weighted by Crippen LogP contribution is 2.18. The van der Waals surface area contributed by atoms with Crippen LogP contribution in [-0.4, -0.2) is 54.3 Å². The third-order valence-corrected chi connectivity index (χ3v) is 7.27. The van der Waals surface area contributed by atoms with Crippen molar-refractivity contribution in [1.29, 1.82) is 0 Å². The lowest BCUT2D eigenvalue weighted by atomic mass is 9.97. The topological polar surface area (TPSA) is 143 Å². The molecule has 0 aliphatic rings. The van der Waals surface area contributed by atoms with E-state index in [2.05, 4.69) is 29.1 Å². The third-order valence-electron chi connectivity index (χ3n) is 7.27. The molecule has 248 valence electrons. The van der Waals surface area contributed by atoms with Crippen LogP contribution in [0.2, 0.25) is 0 Å². The molecule has 0 radical (unpaired) electrons. The van der Waals surface area contributed by atoms with Crippen LogP contribution in [-0.2, 0) is 36.9 Å². The van der Waals surface area contributed by atoms with Gasteiger partial charge in [0.15, 0.2) is 0 Å². The summed E-state index contributed by atoms with van der Waals surface area (Å²) in [6, 6.07) is 25.2. The molecule has 3 amide bonds. The maximum Gasteiger partial charge on any atom is 0.408 e. The Morgan fingerprint density at radius 1 is 0.745 bits per heavy atom. The van der Waals surface area contributed by atoms with Crippen LogP contribution in [0.25, 0.3) is 0 Å². The van der Waals surface area contributed by atoms with Gasteiger partial charge in [0.1, 0.15) is 19.3 Å². The van der Waals surface area contributed by atoms with E-state index in [-0.39, 0.29) is 45.0 Å². The Bertz CT molecular complexity index is 1430. The van der Waals surface area contributed by atoms with Crippen LogP contribution in [0.4, 0.5) is 4.79 Å². The zero-order chi connectivity index (χ0) is 33.9. The van der Waals surface area contributed by atoms with Gasteiger partial charge in [0, 0.05) is 6.42 Å². The summed E-state index contributed by atoms with van der Waals surface area (Å²) in [4.78, 5) is 51.9. The molecule has 0 saturated carbocycles. The van der Waals surface area contributed by atoms with Gasteiger partial charge >= 0.3 is 12.1 Å². The van der Waals surface area contributed by atoms with Gasteiger partial charge in [-0.3, -0.25) is 9.59 Å². The Morgan fingerprint density at radius 3 is 1.94 bits per heavy atom. The normalized spacial score (nSPS) is 13.1. The van der Waals surface area contributed by atoms with Gasteiger partial charge in [0.25, 0.3) is 0 Å². The summed E-state index contributed by atoms with van der Waals surface area (Å²) in [7, 11) is 0. The summed E-state index contributed by atoms with van der Waals surface area (Å²) in [5.41, 5.74) is 2.43. The third kappa shape index (κ3) is 13.0. The van der Waals surface area contributed by atoms with E-state index in [0.717, 1.165) is 11.1 Å². The number of carbonyl (C=O) groups excluding carboxylic acids is 4. The van der Waals surface area contributed by atoms with E-state index >= 15 is 0 Å². The Balaban J connectivity index is 1.62. The van der Waals surface area contributed by atoms with Crippen molar-refractivity contribution < 1.29 is 33.8 Å². The van der Waals surface area contributed by atoms with Gasteiger partial charge in [-0.25, -0.2) is 9.59 Å². The van der Waals surface area contributed by atoms with Crippen LogP contribution in [0, 0.1) is 5.92 Å². The van der Waals surface area contributed by atoms with Crippen molar-refractivity contribution >= 4 is 23.9 Å². The molecule has 0 spiro atoms. The van der Waals surface area contributed by atoms with E-state index in [1.54, 1.807) is 30.3 Å². The molecule has 4 N–H and O–H groups in total. The Morgan fingerprint density at radius 2 is 1.34 bits per heavy atom. The molecule has 0 aromatic heterocycles. The minimum Gasteiger partial charge on any atom is -0.462 e. The van der Waals surface area contributed by atoms with E-state index in [9.17, 15) is 24.3 Å². The predicted octanol–water partition coefficient (Wildman–Crippen LogP) is 4.56. The van der Waals surface area contributed by atoms with Crippen LogP contribution in [0.15, 0.2) is 116 Å². The van der Waals surface area contributed by atoms with Gasteiger partial charge in [-0.2, -0.15) is 0 Å². The number of nitrogens with one attached hydrogen (secondary N) is 3. The monoisotopic (exact) mass is 641 g/mol. The van der Waals surface area contributed by atoms with Crippen LogP contribution in [0.5, 0.6) is 0 Å². The van der Waals surface area contributed by atoms with Gasteiger partial charge in [0.05, 0.1) is 24.6 Å². The molecule has 0 aliphatic carbocycles. The fourth-order valence-electron chi connectivity index (χ4n) is 4.80. The highest BCUT2D eigenvalue weighted by atomic mass is 16.6. The molecule has 0 aliphatic heterocycles. The molecule has 0 fully saturated rings. The molecule has 10 heteroatoms. The van der Waals surface area contributed by atoms with Crippen molar-refractivity contribution in [3.8, 4) is 0 Å². The van der Waals surface area contributed by atoms with Crippen LogP contribution in [0.3, 0.4) is 0 Å². The van der Waals surface area contributed by atoms with Gasteiger partial charge in [0.2, 0.25) is 11.8 Å². The number of alkyl carbamates (subject to hydrolysis) is 1. The number of hydrogen-bond donors (Lipinski definition) is 4. The first-order valence-electron chi connectivity index (χ1n) is 15.5. The summed E-state index contributed by atoms with van der Waals surface area (Å²) < 4.78 is 10.8. The Kier molecular flexibility index (Phi) is 15.4. The average Bonchev–Trinajstić information content (AvgIpc) is 3.09. The number of allylic oxidation sites excluding steroid dienone is 1. The first kappa shape index (κ1) is 36.3. The molecule has 0 heterocycles. The quantitative estimate of drug-likeness (QED) is 0.111. The van der Waals surface area contributed by atoms with Crippen molar-refractivity contribution in [1.82, 2.24) is 16.0 Å². The average molecular weight is 642 g/mol. The van der Waals surface area contributed by atoms with Gasteiger partial charge in [-0.05, 0) is 36.0 Å². The van der Waals surface area contributed by atoms with Gasteiger partial charge in [-0.1, -0.05) is 103 Å². The summed E-state index contributed by atoms with van der Waals surface area (Å²) >= 11 is 0. The first-order chi connectivity index (χ1) is 22.8. The summed E-state index contributed by atoms with van der Waals surface area (Å²) in [5.74, 6) is -2.31. The molecule has 0 bridgehead atoms. The molecular weight excluding hydrogens is 598 g/mol. The Labute approximate surface area is 275 Å². The number of hydrogen-bond acceptors (Lipinski definition) is 7. The van der Waals surface area contributed by atoms with Gasteiger partial charge < -0.3 is 30.5 Å². The standard InChI is InChI=1S/C37H43N3O7/c1-3-14-30(23-34(42)38-31(24-41)22-27-16-8-5-9-17-27)35(43)39-33(29-20-12-7-13-21-29)26-46-36(44)32(15-4-2)40-37(45)47-25-28-18-10-6-11-19-28/h3-13,16-21,30-33,41H,1-2,14-15,22-26H2,(H,38,42)(H,39,43)(H,40,45)/t30-,31+,32-,33+/m1/s1. The number of amides is 3. The molecule has 4 atom stereocenters. The summed E-state index contributed by atoms with van der Waals surface area (Å²) in [6.07, 6.45) is 2.87. The van der Waals surface area contributed by atoms with Crippen molar-refractivity contribution in [2.45, 2.75) is 50.4 Å². The Hall–Kier alpha value is -5.22. The number of aliphatic hydroxyl groups excluding tert-OH is 1. The molecule has 0 unspecified atom stereocenters. The number of carbonyl (C=O) groups is 4. The lowest BCUT2D eigenvalue weighted by Crippen LogP contribution is -2.44. The maximum absolute atomic E-state index is 13.5. The molecule has 3 aromatic carbocycles. The lowest BCUT2D eigenvalue weighted by molar-refractivity contribution is -0.147. The molecule has 3 rings (SSSR count). The second-order valence-electron chi connectivity index (χ2n) is 10.9. The van der Waals surface area contributed by atoms with Crippen LogP contribution >= 0.6 is 0 Å². The number of benzene rings is 3. The molecule has 0 saturated heterocycles. The van der Waals surface area contributed by atoms with E-state index in [1.807, 2.05) is 66.7 Å². The van der Waals surface area contributed by atoms with E-state index in [4.69, 9.17) is 9.47 Å². The number of aliphatic hydroxyl groups is 1. The lowest BCUT2D eigenvalue weighted by Gasteiger charge is -2.24. The highest BCUT2D eigenvalue weighted by molar-refractivity contribution is 5.86. The minimum absolute atomic E-state index is 0.0300. The smallest absolute Gasteiger partial charge is 0.408 e. The van der Waals surface area contributed by atoms with Crippen molar-refractivity contribution in [3.05, 3.63) is 133 Å². The predicted molar refractivity (Wildman–Crippen MR) is 179 cm³/mol. The molecule has 10 nitrogen and oxygen atoms in total. The number of esters is 1. The van der Waals surface area contributed by atoms with Crippen LogP contribution in [0.1, 0.15) is 42.0 Å². The van der Waals surface area contributed by atoms with Crippen molar-refractivity contribution in [2.75, 3.05) is 13.2 Å². The fraction of sp³-hybridized carbons (Fsp3) is 0.297.